The van der Waals surface area contributed by atoms with Crippen molar-refractivity contribution in [3.05, 3.63) is 59.5 Å². The van der Waals surface area contributed by atoms with Crippen LogP contribution in [0.15, 0.2) is 51.9 Å². The minimum Gasteiger partial charge on any atom is -0.414 e. The molecule has 0 spiro atoms. The van der Waals surface area contributed by atoms with Crippen molar-refractivity contribution in [1.29, 1.82) is 0 Å². The maximum Gasteiger partial charge on any atom is 0.270 e. The third-order valence-corrected chi connectivity index (χ3v) is 8.28. The monoisotopic (exact) mass is 526 g/mol. The van der Waals surface area contributed by atoms with Crippen LogP contribution in [-0.4, -0.2) is 52.6 Å². The van der Waals surface area contributed by atoms with Gasteiger partial charge in [0.05, 0.1) is 27.6 Å². The molecule has 194 valence electrons. The summed E-state index contributed by atoms with van der Waals surface area (Å²) < 4.78 is 46.0. The number of sulfone groups is 1. The molecule has 10 nitrogen and oxygen atoms in total. The number of rotatable bonds is 9. The van der Waals surface area contributed by atoms with Crippen LogP contribution < -0.4 is 11.1 Å². The lowest BCUT2D eigenvalue weighted by molar-refractivity contribution is 0.287. The van der Waals surface area contributed by atoms with E-state index < -0.39 is 20.9 Å². The third kappa shape index (κ3) is 5.36. The highest BCUT2D eigenvalue weighted by molar-refractivity contribution is 7.92. The Morgan fingerprint density at radius 1 is 1.16 bits per heavy atom. The predicted octanol–water partition coefficient (Wildman–Crippen LogP) is 3.15. The van der Waals surface area contributed by atoms with Gasteiger partial charge in [0.1, 0.15) is 5.82 Å². The van der Waals surface area contributed by atoms with Gasteiger partial charge in [-0.25, -0.2) is 22.8 Å². The predicted molar refractivity (Wildman–Crippen MR) is 136 cm³/mol. The van der Waals surface area contributed by atoms with Crippen LogP contribution in [0.4, 0.5) is 10.2 Å². The highest BCUT2D eigenvalue weighted by atomic mass is 32.2. The lowest BCUT2D eigenvalue weighted by Crippen LogP contribution is -2.20. The van der Waals surface area contributed by atoms with Crippen molar-refractivity contribution in [3.63, 3.8) is 0 Å². The Balaban J connectivity index is 1.66. The second kappa shape index (κ2) is 10.7. The van der Waals surface area contributed by atoms with Crippen LogP contribution in [0, 0.1) is 12.7 Å². The zero-order valence-electron chi connectivity index (χ0n) is 20.6. The first-order valence-corrected chi connectivity index (χ1v) is 13.1. The summed E-state index contributed by atoms with van der Waals surface area (Å²) in [4.78, 5) is 8.87. The molecule has 0 aliphatic rings. The van der Waals surface area contributed by atoms with Crippen molar-refractivity contribution in [2.24, 2.45) is 0 Å². The molecule has 0 bridgehead atoms. The fourth-order valence-electron chi connectivity index (χ4n) is 3.85. The summed E-state index contributed by atoms with van der Waals surface area (Å²) in [6.45, 7) is 3.55. The molecule has 2 heterocycles. The Morgan fingerprint density at radius 2 is 1.92 bits per heavy atom. The number of nitrogen functional groups attached to an aromatic ring is 1. The number of halogens is 1. The Morgan fingerprint density at radius 3 is 2.59 bits per heavy atom. The van der Waals surface area contributed by atoms with Gasteiger partial charge in [-0.15, -0.1) is 10.2 Å². The molecule has 0 fully saturated rings. The van der Waals surface area contributed by atoms with Crippen LogP contribution in [0.5, 0.6) is 0 Å². The first kappa shape index (κ1) is 26.3. The van der Waals surface area contributed by atoms with Crippen molar-refractivity contribution in [3.8, 4) is 34.3 Å². The van der Waals surface area contributed by atoms with E-state index in [0.717, 1.165) is 5.56 Å². The summed E-state index contributed by atoms with van der Waals surface area (Å²) in [7, 11) is -1.83. The summed E-state index contributed by atoms with van der Waals surface area (Å²) in [5.41, 5.74) is 8.59. The Bertz CT molecular complexity index is 1540. The van der Waals surface area contributed by atoms with E-state index in [1.807, 2.05) is 0 Å². The molecule has 0 radical (unpaired) electrons. The number of aryl methyl sites for hydroxylation is 1. The van der Waals surface area contributed by atoms with Gasteiger partial charge >= 0.3 is 0 Å². The van der Waals surface area contributed by atoms with Crippen LogP contribution in [0.2, 0.25) is 0 Å². The van der Waals surface area contributed by atoms with E-state index in [4.69, 9.17) is 15.3 Å². The summed E-state index contributed by atoms with van der Waals surface area (Å²) in [6, 6.07) is 9.52. The highest BCUT2D eigenvalue weighted by Gasteiger charge is 2.25. The number of nitrogens with one attached hydrogen (secondary N) is 1. The zero-order valence-corrected chi connectivity index (χ0v) is 21.4. The van der Waals surface area contributed by atoms with Crippen LogP contribution in [0.1, 0.15) is 24.5 Å². The van der Waals surface area contributed by atoms with Crippen molar-refractivity contribution in [2.75, 3.05) is 19.4 Å². The Kier molecular flexibility index (Phi) is 7.62. The topological polar surface area (TPSA) is 157 Å². The molecule has 4 N–H and O–H groups in total. The molecular formula is C25H27FN6O4S. The summed E-state index contributed by atoms with van der Waals surface area (Å²) in [6.07, 6.45) is 1.60. The first-order valence-electron chi connectivity index (χ1n) is 11.5. The van der Waals surface area contributed by atoms with Crippen LogP contribution >= 0.6 is 0 Å². The van der Waals surface area contributed by atoms with E-state index in [9.17, 15) is 12.8 Å². The molecule has 0 aliphatic carbocycles. The van der Waals surface area contributed by atoms with Gasteiger partial charge in [-0.3, -0.25) is 0 Å². The third-order valence-electron chi connectivity index (χ3n) is 5.92. The molecule has 1 atom stereocenters. The molecule has 12 heteroatoms. The van der Waals surface area contributed by atoms with Gasteiger partial charge in [-0.1, -0.05) is 12.1 Å². The summed E-state index contributed by atoms with van der Waals surface area (Å²) in [5.74, 6) is -0.529. The van der Waals surface area contributed by atoms with Gasteiger partial charge in [0.2, 0.25) is 0 Å². The summed E-state index contributed by atoms with van der Waals surface area (Å²) in [5, 5.41) is 19.3. The smallest absolute Gasteiger partial charge is 0.270 e. The molecule has 4 aromatic rings. The molecule has 0 saturated carbocycles. The van der Waals surface area contributed by atoms with Gasteiger partial charge < -0.3 is 20.6 Å². The van der Waals surface area contributed by atoms with Crippen LogP contribution in [0.25, 0.3) is 34.3 Å². The average Bonchev–Trinajstić information content (AvgIpc) is 3.34. The fourth-order valence-corrected chi connectivity index (χ4v) is 5.47. The van der Waals surface area contributed by atoms with Crippen molar-refractivity contribution < 1.29 is 22.3 Å². The van der Waals surface area contributed by atoms with Gasteiger partial charge in [0, 0.05) is 18.7 Å². The van der Waals surface area contributed by atoms with Crippen LogP contribution in [0.3, 0.4) is 0 Å². The first-order chi connectivity index (χ1) is 17.6. The van der Waals surface area contributed by atoms with E-state index in [-0.39, 0.29) is 46.8 Å². The van der Waals surface area contributed by atoms with Gasteiger partial charge in [0.15, 0.2) is 21.3 Å². The number of nitrogens with two attached hydrogens (primary N) is 1. The van der Waals surface area contributed by atoms with Crippen molar-refractivity contribution in [2.45, 2.75) is 37.0 Å². The molecular weight excluding hydrogens is 499 g/mol. The lowest BCUT2D eigenvalue weighted by atomic mass is 10.1. The van der Waals surface area contributed by atoms with Crippen LogP contribution in [-0.2, 0) is 16.4 Å². The van der Waals surface area contributed by atoms with E-state index in [1.165, 1.54) is 18.3 Å². The molecule has 4 rings (SSSR count). The summed E-state index contributed by atoms with van der Waals surface area (Å²) >= 11 is 0. The number of aliphatic hydroxyl groups is 1. The van der Waals surface area contributed by atoms with Gasteiger partial charge in [0.25, 0.3) is 11.8 Å². The molecule has 37 heavy (non-hydrogen) atoms. The van der Waals surface area contributed by atoms with E-state index in [2.05, 4.69) is 25.5 Å². The Hall–Kier alpha value is -3.74. The second-order valence-electron chi connectivity index (χ2n) is 8.59. The SMILES string of the molecule is CNCc1ccc(-c2nnc(-c3nc(-c4ccc(S(=O)(=O)C(C)CCO)c(C)c4)cnc3N)o2)c(F)c1. The minimum absolute atomic E-state index is 0.0301. The fraction of sp³-hybridized carbons (Fsp3) is 0.280. The number of benzene rings is 2. The quantitative estimate of drug-likeness (QED) is 0.296. The van der Waals surface area contributed by atoms with Gasteiger partial charge in [-0.05, 0) is 62.7 Å². The Labute approximate surface area is 213 Å². The van der Waals surface area contributed by atoms with E-state index in [1.54, 1.807) is 45.2 Å². The van der Waals surface area contributed by atoms with Crippen molar-refractivity contribution in [1.82, 2.24) is 25.5 Å². The number of aliphatic hydroxyl groups excluding tert-OH is 1. The molecule has 0 saturated heterocycles. The van der Waals surface area contributed by atoms with Crippen molar-refractivity contribution >= 4 is 15.7 Å². The molecule has 0 amide bonds. The second-order valence-corrected chi connectivity index (χ2v) is 10.9. The van der Waals surface area contributed by atoms with Gasteiger partial charge in [-0.2, -0.15) is 0 Å². The number of hydrogen-bond donors (Lipinski definition) is 3. The number of aromatic nitrogens is 4. The molecule has 1 unspecified atom stereocenters. The normalized spacial score (nSPS) is 12.6. The van der Waals surface area contributed by atoms with E-state index >= 15 is 0 Å². The maximum absolute atomic E-state index is 14.6. The molecule has 2 aromatic carbocycles. The zero-order chi connectivity index (χ0) is 26.7. The maximum atomic E-state index is 14.6. The number of nitrogens with zero attached hydrogens (tertiary/aromatic N) is 4. The van der Waals surface area contributed by atoms with E-state index in [0.29, 0.717) is 23.4 Å². The molecule has 0 aliphatic heterocycles. The largest absolute Gasteiger partial charge is 0.414 e. The number of anilines is 1. The average molecular weight is 527 g/mol. The minimum atomic E-state index is -3.61. The lowest BCUT2D eigenvalue weighted by Gasteiger charge is -2.14. The number of hydrogen-bond acceptors (Lipinski definition) is 10. The molecule has 2 aromatic heterocycles. The standard InChI is InChI=1S/C25H27FN6O4S/c1-14-10-17(5-7-21(14)37(34,35)15(2)8-9-33)20-13-29-23(27)22(30-20)25-32-31-24(36-25)18-6-4-16(12-28-3)11-19(18)26/h4-7,10-11,13,15,28,33H,8-9,12H2,1-3H3,(H2,27,29). The highest BCUT2D eigenvalue weighted by Crippen LogP contribution is 2.31.